The van der Waals surface area contributed by atoms with Crippen LogP contribution in [0, 0.1) is 7.11 Å². The minimum atomic E-state index is -1.32. The largest absolute Gasteiger partial charge is 0.218 e. The highest BCUT2D eigenvalue weighted by molar-refractivity contribution is 6.67. The summed E-state index contributed by atoms with van der Waals surface area (Å²) in [6.07, 6.45) is 0. The highest BCUT2D eigenvalue weighted by atomic mass is 35.6. The zero-order valence-electron chi connectivity index (χ0n) is 3.46. The van der Waals surface area contributed by atoms with Gasteiger partial charge in [-0.05, 0) is 0 Å². The van der Waals surface area contributed by atoms with Gasteiger partial charge in [0.05, 0.1) is 0 Å². The molecule has 0 aliphatic carbocycles. The fourth-order valence-corrected chi connectivity index (χ4v) is 0.347. The Hall–Kier alpha value is 0.700. The molecule has 0 aromatic rings. The quantitative estimate of drug-likeness (QED) is 0.424. The second kappa shape index (κ2) is 2.88. The lowest BCUT2D eigenvalue weighted by Gasteiger charge is -2.02. The normalized spacial score (nSPS) is 11.9. The van der Waals surface area contributed by atoms with Crippen LogP contribution in [0.15, 0.2) is 0 Å². The molecule has 0 rings (SSSR count). The summed E-state index contributed by atoms with van der Waals surface area (Å²) in [7, 11) is 3.02. The van der Waals surface area contributed by atoms with E-state index in [4.69, 9.17) is 34.8 Å². The van der Waals surface area contributed by atoms with Gasteiger partial charge in [-0.1, -0.05) is 34.8 Å². The molecule has 0 bridgehead atoms. The Morgan fingerprint density at radius 3 is 1.86 bits per heavy atom. The van der Waals surface area contributed by atoms with Crippen molar-refractivity contribution in [3.8, 4) is 0 Å². The molecule has 0 aromatic heterocycles. The van der Waals surface area contributed by atoms with Crippen molar-refractivity contribution in [1.29, 1.82) is 0 Å². The van der Waals surface area contributed by atoms with Crippen molar-refractivity contribution in [3.63, 3.8) is 0 Å². The second-order valence-corrected chi connectivity index (χ2v) is 3.48. The van der Waals surface area contributed by atoms with Gasteiger partial charge < -0.3 is 0 Å². The van der Waals surface area contributed by atoms with E-state index in [1.54, 1.807) is 0 Å². The topological polar surface area (TPSA) is 9.23 Å². The zero-order chi connectivity index (χ0) is 5.91. The van der Waals surface area contributed by atoms with Gasteiger partial charge in [-0.2, -0.15) is 4.74 Å². The van der Waals surface area contributed by atoms with E-state index in [0.29, 0.717) is 0 Å². The molecular weight excluding hydrogens is 158 g/mol. The summed E-state index contributed by atoms with van der Waals surface area (Å²) in [6.45, 7) is 0.0255. The fourth-order valence-electron chi connectivity index (χ4n) is 0.116. The number of halogens is 3. The number of hydrogen-bond donors (Lipinski definition) is 0. The summed E-state index contributed by atoms with van der Waals surface area (Å²) in [5, 5.41) is 0. The third-order valence-electron chi connectivity index (χ3n) is 0.266. The standard InChI is InChI=1S/C3H4Cl3O/c1-7-2-3(4,5)6/h1-2H2/q+1. The molecule has 0 aliphatic rings. The average Bonchev–Trinajstić information content (AvgIpc) is 1.30. The fraction of sp³-hybridized carbons (Fsp3) is 0.667. The highest BCUT2D eigenvalue weighted by Crippen LogP contribution is 2.25. The van der Waals surface area contributed by atoms with Crippen LogP contribution in [0.5, 0.6) is 0 Å². The Morgan fingerprint density at radius 2 is 1.86 bits per heavy atom. The van der Waals surface area contributed by atoms with Gasteiger partial charge in [0.15, 0.2) is 0 Å². The first-order valence-electron chi connectivity index (χ1n) is 1.50. The molecule has 0 spiro atoms. The van der Waals surface area contributed by atoms with Gasteiger partial charge in [0.1, 0.15) is 6.61 Å². The monoisotopic (exact) mass is 161 g/mol. The molecule has 0 aromatic carbocycles. The van der Waals surface area contributed by atoms with Gasteiger partial charge in [0.25, 0.3) is 0 Å². The SMILES string of the molecule is [CH2+]OCC(Cl)(Cl)Cl. The van der Waals surface area contributed by atoms with Crippen LogP contribution >= 0.6 is 34.8 Å². The van der Waals surface area contributed by atoms with Crippen molar-refractivity contribution >= 4 is 34.8 Å². The van der Waals surface area contributed by atoms with Crippen molar-refractivity contribution in [3.05, 3.63) is 7.11 Å². The minimum absolute atomic E-state index is 0.0255. The molecule has 0 unspecified atom stereocenters. The van der Waals surface area contributed by atoms with E-state index < -0.39 is 3.79 Å². The van der Waals surface area contributed by atoms with Crippen molar-refractivity contribution in [2.24, 2.45) is 0 Å². The summed E-state index contributed by atoms with van der Waals surface area (Å²) >= 11 is 15.6. The second-order valence-electron chi connectivity index (χ2n) is 0.964. The molecule has 0 radical (unpaired) electrons. The maximum atomic E-state index is 5.20. The van der Waals surface area contributed by atoms with Crippen LogP contribution in [0.4, 0.5) is 0 Å². The number of alkyl halides is 3. The van der Waals surface area contributed by atoms with Crippen LogP contribution in [-0.2, 0) is 4.74 Å². The van der Waals surface area contributed by atoms with Crippen LogP contribution in [-0.4, -0.2) is 10.4 Å². The van der Waals surface area contributed by atoms with Crippen LogP contribution < -0.4 is 0 Å². The lowest BCUT2D eigenvalue weighted by Crippen LogP contribution is -2.09. The van der Waals surface area contributed by atoms with Crippen molar-refractivity contribution in [1.82, 2.24) is 0 Å². The molecule has 0 saturated carbocycles. The summed E-state index contributed by atoms with van der Waals surface area (Å²) in [6, 6.07) is 0. The van der Waals surface area contributed by atoms with Crippen LogP contribution in [0.25, 0.3) is 0 Å². The van der Waals surface area contributed by atoms with Crippen LogP contribution in [0.3, 0.4) is 0 Å². The Kier molecular flexibility index (Phi) is 3.16. The number of ether oxygens (including phenoxy) is 1. The van der Waals surface area contributed by atoms with Crippen LogP contribution in [0.1, 0.15) is 0 Å². The summed E-state index contributed by atoms with van der Waals surface area (Å²) in [5.41, 5.74) is 0. The lowest BCUT2D eigenvalue weighted by molar-refractivity contribution is 0.249. The Morgan fingerprint density at radius 1 is 1.43 bits per heavy atom. The van der Waals surface area contributed by atoms with E-state index in [9.17, 15) is 0 Å². The molecule has 0 heterocycles. The van der Waals surface area contributed by atoms with E-state index in [1.165, 1.54) is 0 Å². The Labute approximate surface area is 57.5 Å². The first kappa shape index (κ1) is 7.70. The van der Waals surface area contributed by atoms with E-state index in [2.05, 4.69) is 11.8 Å². The molecule has 42 valence electrons. The predicted octanol–water partition coefficient (Wildman–Crippen LogP) is 2.16. The van der Waals surface area contributed by atoms with E-state index in [1.807, 2.05) is 0 Å². The molecule has 0 saturated heterocycles. The van der Waals surface area contributed by atoms with E-state index in [0.717, 1.165) is 0 Å². The predicted molar refractivity (Wildman–Crippen MR) is 31.6 cm³/mol. The molecule has 0 N–H and O–H groups in total. The third-order valence-corrected chi connectivity index (χ3v) is 0.593. The summed E-state index contributed by atoms with van der Waals surface area (Å²) < 4.78 is 2.94. The minimum Gasteiger partial charge on any atom is -0.195 e. The van der Waals surface area contributed by atoms with Gasteiger partial charge in [0, 0.05) is 0 Å². The van der Waals surface area contributed by atoms with Gasteiger partial charge in [0.2, 0.25) is 10.9 Å². The smallest absolute Gasteiger partial charge is 0.195 e. The molecule has 0 aliphatic heterocycles. The molecule has 1 nitrogen and oxygen atoms in total. The van der Waals surface area contributed by atoms with Crippen molar-refractivity contribution in [2.45, 2.75) is 3.79 Å². The van der Waals surface area contributed by atoms with Crippen LogP contribution in [0.2, 0.25) is 0 Å². The summed E-state index contributed by atoms with van der Waals surface area (Å²) in [5.74, 6) is 0. The number of hydrogen-bond acceptors (Lipinski definition) is 1. The highest BCUT2D eigenvalue weighted by Gasteiger charge is 2.20. The Bertz CT molecular complexity index is 48.6. The van der Waals surface area contributed by atoms with E-state index >= 15 is 0 Å². The average molecular weight is 162 g/mol. The van der Waals surface area contributed by atoms with E-state index in [-0.39, 0.29) is 6.61 Å². The van der Waals surface area contributed by atoms with Gasteiger partial charge in [-0.25, -0.2) is 0 Å². The zero-order valence-corrected chi connectivity index (χ0v) is 5.72. The molecule has 0 atom stereocenters. The first-order valence-corrected chi connectivity index (χ1v) is 2.63. The lowest BCUT2D eigenvalue weighted by atomic mass is 10.8. The number of rotatable bonds is 1. The summed E-state index contributed by atoms with van der Waals surface area (Å²) in [4.78, 5) is 0. The molecule has 0 amide bonds. The Balaban J connectivity index is 3.15. The van der Waals surface area contributed by atoms with Gasteiger partial charge >= 0.3 is 0 Å². The molecular formula is C3H4Cl3O+. The maximum Gasteiger partial charge on any atom is 0.218 e. The van der Waals surface area contributed by atoms with Crippen molar-refractivity contribution in [2.75, 3.05) is 6.61 Å². The van der Waals surface area contributed by atoms with Gasteiger partial charge in [-0.15, -0.1) is 0 Å². The first-order chi connectivity index (χ1) is 3.06. The third kappa shape index (κ3) is 6.70. The molecule has 7 heavy (non-hydrogen) atoms. The molecule has 0 fully saturated rings. The molecule has 4 heteroatoms. The van der Waals surface area contributed by atoms with Gasteiger partial charge in [-0.3, -0.25) is 0 Å². The van der Waals surface area contributed by atoms with Crippen molar-refractivity contribution < 1.29 is 4.74 Å². The maximum absolute atomic E-state index is 5.20.